The molecule has 5 aromatic rings. The summed E-state index contributed by atoms with van der Waals surface area (Å²) in [6.07, 6.45) is 3.26. The highest BCUT2D eigenvalue weighted by Crippen LogP contribution is 2.37. The number of rotatable bonds is 4. The summed E-state index contributed by atoms with van der Waals surface area (Å²) in [5.41, 5.74) is 4.14. The molecule has 0 fully saturated rings. The first kappa shape index (κ1) is 31.1. The van der Waals surface area contributed by atoms with Crippen LogP contribution in [0.25, 0.3) is 34.6 Å². The van der Waals surface area contributed by atoms with Crippen molar-refractivity contribution in [2.24, 2.45) is 0 Å². The van der Waals surface area contributed by atoms with Crippen molar-refractivity contribution in [3.05, 3.63) is 128 Å². The van der Waals surface area contributed by atoms with Crippen LogP contribution in [0.15, 0.2) is 92.4 Å². The number of benzene rings is 3. The van der Waals surface area contributed by atoms with Crippen LogP contribution in [0.3, 0.4) is 0 Å². The van der Waals surface area contributed by atoms with Crippen molar-refractivity contribution >= 4 is 91.6 Å². The van der Waals surface area contributed by atoms with E-state index in [0.29, 0.717) is 48.6 Å². The van der Waals surface area contributed by atoms with Crippen molar-refractivity contribution in [1.29, 1.82) is 0 Å². The fourth-order valence-corrected chi connectivity index (χ4v) is 5.49. The third-order valence-corrected chi connectivity index (χ3v) is 7.87. The number of carbonyl (C=O) groups excluding carboxylic acids is 3. The number of fused-ring (bicyclic) bond motifs is 2. The second-order valence-electron chi connectivity index (χ2n) is 9.93. The van der Waals surface area contributed by atoms with Crippen molar-refractivity contribution < 1.29 is 32.3 Å². The van der Waals surface area contributed by atoms with E-state index in [1.165, 1.54) is 25.3 Å². The Labute approximate surface area is 279 Å². The molecule has 2 N–H and O–H groups in total. The van der Waals surface area contributed by atoms with Gasteiger partial charge in [-0.05, 0) is 107 Å². The summed E-state index contributed by atoms with van der Waals surface area (Å²) in [5.74, 6) is -0.368. The molecule has 0 aliphatic carbocycles. The van der Waals surface area contributed by atoms with Gasteiger partial charge in [0.05, 0.1) is 29.4 Å². The molecule has 2 aliphatic rings. The zero-order chi connectivity index (χ0) is 32.5. The smallest absolute Gasteiger partial charge is 0.337 e. The van der Waals surface area contributed by atoms with E-state index in [1.54, 1.807) is 72.8 Å². The van der Waals surface area contributed by atoms with Crippen LogP contribution in [-0.4, -0.2) is 24.9 Å². The van der Waals surface area contributed by atoms with Crippen molar-refractivity contribution in [2.75, 3.05) is 17.7 Å². The molecule has 2 aromatic heterocycles. The predicted molar refractivity (Wildman–Crippen MR) is 178 cm³/mol. The SMILES string of the molecule is COC(=O)c1ccc(F)c(-c2ccc(/C=C3\C(=O)Nc4ccc(Cl)cc43)o2)c1.O=C1Nc2ccc(Cl)cc2/C1=C/c1ccc(Br)o1. The molecule has 3 aromatic carbocycles. The highest BCUT2D eigenvalue weighted by molar-refractivity contribution is 9.10. The van der Waals surface area contributed by atoms with Gasteiger partial charge in [-0.25, -0.2) is 9.18 Å². The number of methoxy groups -OCH3 is 1. The average Bonchev–Trinajstić information content (AvgIpc) is 3.81. The molecule has 0 bridgehead atoms. The summed E-state index contributed by atoms with van der Waals surface area (Å²) in [4.78, 5) is 35.8. The molecule has 0 unspecified atom stereocenters. The predicted octanol–water partition coefficient (Wildman–Crippen LogP) is 9.21. The number of anilines is 2. The van der Waals surface area contributed by atoms with E-state index in [2.05, 4.69) is 31.3 Å². The van der Waals surface area contributed by atoms with Crippen molar-refractivity contribution in [1.82, 2.24) is 0 Å². The van der Waals surface area contributed by atoms with Gasteiger partial charge in [0.25, 0.3) is 11.8 Å². The first-order valence-corrected chi connectivity index (χ1v) is 15.0. The van der Waals surface area contributed by atoms with Crippen LogP contribution >= 0.6 is 39.1 Å². The van der Waals surface area contributed by atoms with E-state index in [0.717, 1.165) is 11.3 Å². The van der Waals surface area contributed by atoms with Crippen molar-refractivity contribution in [3.8, 4) is 11.3 Å². The van der Waals surface area contributed by atoms with Gasteiger partial charge in [0.1, 0.15) is 23.1 Å². The minimum absolute atomic E-state index is 0.117. The minimum Gasteiger partial charge on any atom is -0.465 e. The Kier molecular flexibility index (Phi) is 8.68. The van der Waals surface area contributed by atoms with E-state index in [1.807, 2.05) is 0 Å². The van der Waals surface area contributed by atoms with Gasteiger partial charge in [-0.2, -0.15) is 0 Å². The number of carbonyl (C=O) groups is 3. The highest BCUT2D eigenvalue weighted by atomic mass is 79.9. The van der Waals surface area contributed by atoms with Gasteiger partial charge in [-0.15, -0.1) is 0 Å². The van der Waals surface area contributed by atoms with E-state index in [-0.39, 0.29) is 28.7 Å². The van der Waals surface area contributed by atoms with E-state index >= 15 is 0 Å². The molecular weight excluding hydrogens is 702 g/mol. The normalized spacial score (nSPS) is 14.8. The van der Waals surface area contributed by atoms with Crippen LogP contribution in [0, 0.1) is 5.82 Å². The lowest BCUT2D eigenvalue weighted by molar-refractivity contribution is -0.111. The summed E-state index contributed by atoms with van der Waals surface area (Å²) in [6, 6.07) is 21.0. The Bertz CT molecular complexity index is 2120. The standard InChI is InChI=1S/C21H13ClFNO4.C13H7BrClNO2/c1-27-21(26)11-2-5-17(23)16(8-11)19-7-4-13(28-19)10-15-14-9-12(22)3-6-18(14)24-20(15)25;14-12-4-2-8(18-12)6-10-9-5-7(15)1-3-11(9)16-13(10)17/h2-10H,1H3,(H,24,25);1-6H,(H,16,17)/b15-10-;10-6-. The van der Waals surface area contributed by atoms with Crippen LogP contribution in [0.4, 0.5) is 15.8 Å². The molecule has 2 aliphatic heterocycles. The molecular formula is C34H20BrCl2FN2O6. The number of hydrogen-bond acceptors (Lipinski definition) is 6. The lowest BCUT2D eigenvalue weighted by atomic mass is 10.1. The Hall–Kier alpha value is -4.90. The highest BCUT2D eigenvalue weighted by Gasteiger charge is 2.26. The number of amides is 2. The third kappa shape index (κ3) is 6.41. The quantitative estimate of drug-likeness (QED) is 0.141. The summed E-state index contributed by atoms with van der Waals surface area (Å²) in [6.45, 7) is 0. The molecule has 0 atom stereocenters. The number of hydrogen-bond donors (Lipinski definition) is 2. The first-order valence-electron chi connectivity index (χ1n) is 13.5. The summed E-state index contributed by atoms with van der Waals surface area (Å²) >= 11 is 15.2. The zero-order valence-corrected chi connectivity index (χ0v) is 26.7. The second kappa shape index (κ2) is 12.8. The molecule has 12 heteroatoms. The van der Waals surface area contributed by atoms with Crippen LogP contribution < -0.4 is 10.6 Å². The van der Waals surface area contributed by atoms with Crippen molar-refractivity contribution in [3.63, 3.8) is 0 Å². The minimum atomic E-state index is -0.578. The number of ether oxygens (including phenoxy) is 1. The maximum Gasteiger partial charge on any atom is 0.337 e. The Balaban J connectivity index is 0.000000178. The van der Waals surface area contributed by atoms with Crippen LogP contribution in [0.5, 0.6) is 0 Å². The van der Waals surface area contributed by atoms with Gasteiger partial charge in [-0.1, -0.05) is 23.2 Å². The summed E-state index contributed by atoms with van der Waals surface area (Å²) in [5, 5.41) is 6.63. The zero-order valence-electron chi connectivity index (χ0n) is 23.6. The Morgan fingerprint density at radius 1 is 0.761 bits per heavy atom. The molecule has 8 nitrogen and oxygen atoms in total. The fraction of sp³-hybridized carbons (Fsp3) is 0.0294. The monoisotopic (exact) mass is 720 g/mol. The van der Waals surface area contributed by atoms with Gasteiger partial charge in [0, 0.05) is 32.5 Å². The number of esters is 1. The fourth-order valence-electron chi connectivity index (χ4n) is 4.83. The third-order valence-electron chi connectivity index (χ3n) is 6.98. The van der Waals surface area contributed by atoms with E-state index in [4.69, 9.17) is 32.0 Å². The van der Waals surface area contributed by atoms with Crippen LogP contribution in [-0.2, 0) is 14.3 Å². The Morgan fingerprint density at radius 3 is 1.87 bits per heavy atom. The molecule has 7 rings (SSSR count). The molecule has 0 spiro atoms. The first-order chi connectivity index (χ1) is 22.1. The number of nitrogens with one attached hydrogen (secondary N) is 2. The van der Waals surface area contributed by atoms with Gasteiger partial charge in [0.15, 0.2) is 4.67 Å². The van der Waals surface area contributed by atoms with Crippen LogP contribution in [0.2, 0.25) is 10.0 Å². The number of halogens is 4. The maximum absolute atomic E-state index is 14.2. The van der Waals surface area contributed by atoms with E-state index in [9.17, 15) is 18.8 Å². The second-order valence-corrected chi connectivity index (χ2v) is 11.6. The molecule has 0 radical (unpaired) electrons. The molecule has 46 heavy (non-hydrogen) atoms. The summed E-state index contributed by atoms with van der Waals surface area (Å²) < 4.78 is 30.6. The Morgan fingerprint density at radius 2 is 1.33 bits per heavy atom. The van der Waals surface area contributed by atoms with Gasteiger partial charge < -0.3 is 24.2 Å². The molecule has 4 heterocycles. The molecule has 0 saturated carbocycles. The van der Waals surface area contributed by atoms with Gasteiger partial charge >= 0.3 is 5.97 Å². The number of furan rings is 2. The largest absolute Gasteiger partial charge is 0.465 e. The molecule has 0 saturated heterocycles. The average molecular weight is 722 g/mol. The summed E-state index contributed by atoms with van der Waals surface area (Å²) in [7, 11) is 1.25. The lowest BCUT2D eigenvalue weighted by Crippen LogP contribution is -2.03. The van der Waals surface area contributed by atoms with Gasteiger partial charge in [-0.3, -0.25) is 9.59 Å². The van der Waals surface area contributed by atoms with Crippen molar-refractivity contribution in [2.45, 2.75) is 0 Å². The lowest BCUT2D eigenvalue weighted by Gasteiger charge is -2.03. The topological polar surface area (TPSA) is 111 Å². The van der Waals surface area contributed by atoms with E-state index < -0.39 is 11.8 Å². The molecule has 230 valence electrons. The maximum atomic E-state index is 14.2. The van der Waals surface area contributed by atoms with Gasteiger partial charge in [0.2, 0.25) is 0 Å². The molecule has 2 amide bonds. The van der Waals surface area contributed by atoms with Crippen LogP contribution in [0.1, 0.15) is 33.0 Å².